The Morgan fingerprint density at radius 1 is 1.29 bits per heavy atom. The number of benzene rings is 2. The molecular weight excluding hydrogens is 326 g/mol. The quantitative estimate of drug-likeness (QED) is 0.525. The summed E-state index contributed by atoms with van der Waals surface area (Å²) in [7, 11) is 1.63. The van der Waals surface area contributed by atoms with Crippen molar-refractivity contribution in [3.8, 4) is 17.2 Å². The van der Waals surface area contributed by atoms with Gasteiger partial charge in [-0.1, -0.05) is 11.3 Å². The van der Waals surface area contributed by atoms with Gasteiger partial charge in [0, 0.05) is 6.07 Å². The van der Waals surface area contributed by atoms with E-state index in [-0.39, 0.29) is 5.75 Å². The van der Waals surface area contributed by atoms with Crippen LogP contribution in [0.25, 0.3) is 10.2 Å². The van der Waals surface area contributed by atoms with Gasteiger partial charge in [-0.3, -0.25) is 5.43 Å². The molecule has 24 heavy (non-hydrogen) atoms. The molecule has 0 unspecified atom stereocenters. The molecule has 3 rings (SSSR count). The van der Waals surface area contributed by atoms with Crippen molar-refractivity contribution in [3.05, 3.63) is 42.0 Å². The molecule has 0 atom stereocenters. The number of nitrogens with one attached hydrogen (secondary N) is 1. The van der Waals surface area contributed by atoms with Crippen LogP contribution in [0.15, 0.2) is 41.5 Å². The maximum atomic E-state index is 9.69. The van der Waals surface area contributed by atoms with Crippen LogP contribution in [-0.4, -0.2) is 30.0 Å². The first-order chi connectivity index (χ1) is 11.7. The Balaban J connectivity index is 1.73. The summed E-state index contributed by atoms with van der Waals surface area (Å²) < 4.78 is 11.6. The topological polar surface area (TPSA) is 76.0 Å². The maximum absolute atomic E-state index is 9.69. The number of nitrogens with zero attached hydrogens (tertiary/aromatic N) is 2. The van der Waals surface area contributed by atoms with Crippen LogP contribution in [0, 0.1) is 0 Å². The lowest BCUT2D eigenvalue weighted by Crippen LogP contribution is -1.94. The van der Waals surface area contributed by atoms with Crippen molar-refractivity contribution in [1.82, 2.24) is 4.98 Å². The molecule has 0 amide bonds. The molecule has 0 aliphatic rings. The lowest BCUT2D eigenvalue weighted by atomic mass is 10.2. The molecule has 0 saturated carbocycles. The van der Waals surface area contributed by atoms with Crippen LogP contribution in [0.1, 0.15) is 12.5 Å². The average molecular weight is 343 g/mol. The summed E-state index contributed by atoms with van der Waals surface area (Å²) in [6.45, 7) is 2.35. The molecule has 7 heteroatoms. The number of thiazole rings is 1. The number of hydrazone groups is 1. The minimum Gasteiger partial charge on any atom is -0.504 e. The van der Waals surface area contributed by atoms with Gasteiger partial charge in [-0.15, -0.1) is 0 Å². The zero-order valence-electron chi connectivity index (χ0n) is 13.3. The number of hydrogen-bond acceptors (Lipinski definition) is 7. The summed E-state index contributed by atoms with van der Waals surface area (Å²) in [6.07, 6.45) is 1.65. The van der Waals surface area contributed by atoms with E-state index in [1.165, 1.54) is 11.3 Å². The summed E-state index contributed by atoms with van der Waals surface area (Å²) in [5.41, 5.74) is 4.59. The lowest BCUT2D eigenvalue weighted by Gasteiger charge is -2.05. The fourth-order valence-corrected chi connectivity index (χ4v) is 2.92. The second kappa shape index (κ2) is 7.18. The summed E-state index contributed by atoms with van der Waals surface area (Å²) in [6, 6.07) is 10.8. The van der Waals surface area contributed by atoms with E-state index in [1.807, 2.05) is 25.1 Å². The highest BCUT2D eigenvalue weighted by Gasteiger charge is 2.05. The van der Waals surface area contributed by atoms with Crippen molar-refractivity contribution in [2.75, 3.05) is 19.1 Å². The van der Waals surface area contributed by atoms with Gasteiger partial charge in [0.15, 0.2) is 11.5 Å². The van der Waals surface area contributed by atoms with E-state index in [1.54, 1.807) is 31.5 Å². The molecule has 0 aliphatic heterocycles. The standard InChI is InChI=1S/C17H17N3O3S/c1-3-23-15-8-11(4-6-14(15)21)10-18-20-17-19-13-9-12(22-2)5-7-16(13)24-17/h4-10,21H,3H2,1-2H3,(H,19,20)/b18-10+. The molecule has 0 fully saturated rings. The minimum atomic E-state index is 0.113. The molecular formula is C17H17N3O3S. The van der Waals surface area contributed by atoms with Crippen LogP contribution in [0.4, 0.5) is 5.13 Å². The molecule has 1 heterocycles. The number of rotatable bonds is 6. The fraction of sp³-hybridized carbons (Fsp3) is 0.176. The van der Waals surface area contributed by atoms with Gasteiger partial charge in [-0.05, 0) is 42.8 Å². The molecule has 2 N–H and O–H groups in total. The molecule has 1 aromatic heterocycles. The van der Waals surface area contributed by atoms with E-state index in [0.717, 1.165) is 21.5 Å². The zero-order chi connectivity index (χ0) is 16.9. The lowest BCUT2D eigenvalue weighted by molar-refractivity contribution is 0.318. The number of fused-ring (bicyclic) bond motifs is 1. The first-order valence-corrected chi connectivity index (χ1v) is 8.20. The van der Waals surface area contributed by atoms with Gasteiger partial charge < -0.3 is 14.6 Å². The third kappa shape index (κ3) is 3.57. The number of methoxy groups -OCH3 is 1. The van der Waals surface area contributed by atoms with Crippen molar-refractivity contribution < 1.29 is 14.6 Å². The first-order valence-electron chi connectivity index (χ1n) is 7.39. The normalized spacial score (nSPS) is 11.1. The fourth-order valence-electron chi connectivity index (χ4n) is 2.13. The number of aromatic nitrogens is 1. The van der Waals surface area contributed by atoms with Gasteiger partial charge >= 0.3 is 0 Å². The number of ether oxygens (including phenoxy) is 2. The smallest absolute Gasteiger partial charge is 0.204 e. The first kappa shape index (κ1) is 16.1. The van der Waals surface area contributed by atoms with Crippen LogP contribution < -0.4 is 14.9 Å². The van der Waals surface area contributed by atoms with E-state index >= 15 is 0 Å². The maximum Gasteiger partial charge on any atom is 0.204 e. The Bertz CT molecular complexity index is 877. The predicted molar refractivity (Wildman–Crippen MR) is 96.7 cm³/mol. The zero-order valence-corrected chi connectivity index (χ0v) is 14.1. The summed E-state index contributed by atoms with van der Waals surface area (Å²) in [5.74, 6) is 1.33. The highest BCUT2D eigenvalue weighted by molar-refractivity contribution is 7.22. The number of phenolic OH excluding ortho intramolecular Hbond substituents is 1. The van der Waals surface area contributed by atoms with Crippen molar-refractivity contribution in [1.29, 1.82) is 0 Å². The van der Waals surface area contributed by atoms with E-state index in [0.29, 0.717) is 17.5 Å². The molecule has 0 saturated heterocycles. The Kier molecular flexibility index (Phi) is 4.81. The largest absolute Gasteiger partial charge is 0.504 e. The molecule has 0 bridgehead atoms. The molecule has 3 aromatic rings. The van der Waals surface area contributed by atoms with Crippen LogP contribution in [0.5, 0.6) is 17.2 Å². The molecule has 124 valence electrons. The minimum absolute atomic E-state index is 0.113. The summed E-state index contributed by atoms with van der Waals surface area (Å²) in [4.78, 5) is 4.46. The van der Waals surface area contributed by atoms with Crippen molar-refractivity contribution >= 4 is 32.9 Å². The predicted octanol–water partition coefficient (Wildman–Crippen LogP) is 3.86. The third-order valence-electron chi connectivity index (χ3n) is 3.25. The van der Waals surface area contributed by atoms with E-state index < -0.39 is 0 Å². The highest BCUT2D eigenvalue weighted by Crippen LogP contribution is 2.29. The summed E-state index contributed by atoms with van der Waals surface area (Å²) in [5, 5.41) is 14.6. The number of hydrogen-bond donors (Lipinski definition) is 2. The molecule has 2 aromatic carbocycles. The summed E-state index contributed by atoms with van der Waals surface area (Å²) >= 11 is 1.51. The Labute approximate surface area is 143 Å². The second-order valence-corrected chi connectivity index (χ2v) is 5.91. The van der Waals surface area contributed by atoms with Crippen molar-refractivity contribution in [2.45, 2.75) is 6.92 Å². The monoisotopic (exact) mass is 343 g/mol. The van der Waals surface area contributed by atoms with Gasteiger partial charge in [-0.25, -0.2) is 4.98 Å². The molecule has 0 aliphatic carbocycles. The van der Waals surface area contributed by atoms with Crippen LogP contribution in [-0.2, 0) is 0 Å². The molecule has 0 radical (unpaired) electrons. The van der Waals surface area contributed by atoms with Crippen LogP contribution in [0.2, 0.25) is 0 Å². The van der Waals surface area contributed by atoms with Gasteiger partial charge in [0.1, 0.15) is 5.75 Å². The molecule has 6 nitrogen and oxygen atoms in total. The second-order valence-electron chi connectivity index (χ2n) is 4.88. The third-order valence-corrected chi connectivity index (χ3v) is 4.19. The molecule has 0 spiro atoms. The van der Waals surface area contributed by atoms with E-state index in [2.05, 4.69) is 15.5 Å². The SMILES string of the molecule is CCOc1cc(/C=N/Nc2nc3cc(OC)ccc3s2)ccc1O. The van der Waals surface area contributed by atoms with Crippen LogP contribution >= 0.6 is 11.3 Å². The highest BCUT2D eigenvalue weighted by atomic mass is 32.1. The van der Waals surface area contributed by atoms with Gasteiger partial charge in [0.2, 0.25) is 5.13 Å². The number of phenols is 1. The van der Waals surface area contributed by atoms with Crippen molar-refractivity contribution in [3.63, 3.8) is 0 Å². The van der Waals surface area contributed by atoms with E-state index in [9.17, 15) is 5.11 Å². The Morgan fingerprint density at radius 3 is 2.96 bits per heavy atom. The van der Waals surface area contributed by atoms with Gasteiger partial charge in [-0.2, -0.15) is 5.10 Å². The Hall–Kier alpha value is -2.80. The van der Waals surface area contributed by atoms with Gasteiger partial charge in [0.05, 0.1) is 30.1 Å². The average Bonchev–Trinajstić information content (AvgIpc) is 2.99. The van der Waals surface area contributed by atoms with E-state index in [4.69, 9.17) is 9.47 Å². The van der Waals surface area contributed by atoms with Gasteiger partial charge in [0.25, 0.3) is 0 Å². The number of anilines is 1. The van der Waals surface area contributed by atoms with Crippen molar-refractivity contribution in [2.24, 2.45) is 5.10 Å². The number of aromatic hydroxyl groups is 1. The van der Waals surface area contributed by atoms with Crippen LogP contribution in [0.3, 0.4) is 0 Å². The Morgan fingerprint density at radius 2 is 2.17 bits per heavy atom.